The van der Waals surface area contributed by atoms with Gasteiger partial charge in [0.2, 0.25) is 0 Å². The average Bonchev–Trinajstić information content (AvgIpc) is 2.68. The zero-order valence-electron chi connectivity index (χ0n) is 9.16. The van der Waals surface area contributed by atoms with Crippen LogP contribution in [0.2, 0.25) is 0 Å². The summed E-state index contributed by atoms with van der Waals surface area (Å²) < 4.78 is 5.12. The molecule has 0 bridgehead atoms. The van der Waals surface area contributed by atoms with Crippen LogP contribution in [-0.4, -0.2) is 28.3 Å². The fourth-order valence-electron chi connectivity index (χ4n) is 1.73. The van der Waals surface area contributed by atoms with Gasteiger partial charge in [-0.15, -0.1) is 0 Å². The van der Waals surface area contributed by atoms with Crippen molar-refractivity contribution in [2.75, 3.05) is 13.1 Å². The van der Waals surface area contributed by atoms with Gasteiger partial charge in [0.1, 0.15) is 0 Å². The lowest BCUT2D eigenvalue weighted by atomic mass is 9.94. The average molecular weight is 211 g/mol. The Morgan fingerprint density at radius 2 is 2.33 bits per heavy atom. The van der Waals surface area contributed by atoms with Crippen LogP contribution < -0.4 is 5.32 Å². The lowest BCUT2D eigenvalue weighted by molar-refractivity contribution is -0.0167. The lowest BCUT2D eigenvalue weighted by Crippen LogP contribution is -2.43. The van der Waals surface area contributed by atoms with E-state index >= 15 is 0 Å². The van der Waals surface area contributed by atoms with Gasteiger partial charge in [-0.05, 0) is 19.4 Å². The normalized spacial score (nSPS) is 27.2. The van der Waals surface area contributed by atoms with Gasteiger partial charge in [-0.25, -0.2) is 0 Å². The molecule has 1 fully saturated rings. The van der Waals surface area contributed by atoms with E-state index in [0.29, 0.717) is 24.7 Å². The van der Waals surface area contributed by atoms with Crippen molar-refractivity contribution in [2.24, 2.45) is 0 Å². The van der Waals surface area contributed by atoms with Gasteiger partial charge >= 0.3 is 0 Å². The van der Waals surface area contributed by atoms with E-state index in [1.54, 1.807) is 0 Å². The molecule has 2 N–H and O–H groups in total. The summed E-state index contributed by atoms with van der Waals surface area (Å²) in [6.45, 7) is 5.43. The fraction of sp³-hybridized carbons (Fsp3) is 0.800. The molecule has 1 saturated heterocycles. The minimum absolute atomic E-state index is 0.225. The van der Waals surface area contributed by atoms with Crippen LogP contribution in [0.25, 0.3) is 0 Å². The Kier molecular flexibility index (Phi) is 2.75. The fourth-order valence-corrected chi connectivity index (χ4v) is 1.73. The maximum atomic E-state index is 10.3. The summed E-state index contributed by atoms with van der Waals surface area (Å²) in [5.41, 5.74) is -0.974. The zero-order chi connectivity index (χ0) is 10.9. The number of aromatic nitrogens is 2. The summed E-state index contributed by atoms with van der Waals surface area (Å²) in [5.74, 6) is 1.23. The molecule has 1 aromatic rings. The number of β-amino-alcohol motifs (C(OH)–C–C–N with tert-alkyl or cyclic N) is 1. The standard InChI is InChI=1S/C10H17N3O2/c1-7(2)8-12-9(15-13-8)10(14)4-3-5-11-6-10/h7,11,14H,3-6H2,1-2H3. The predicted molar refractivity (Wildman–Crippen MR) is 54.4 cm³/mol. The Balaban J connectivity index is 2.20. The summed E-state index contributed by atoms with van der Waals surface area (Å²) >= 11 is 0. The number of nitrogens with one attached hydrogen (secondary N) is 1. The second-order valence-electron chi connectivity index (χ2n) is 4.42. The number of hydrogen-bond donors (Lipinski definition) is 2. The molecule has 0 radical (unpaired) electrons. The third-order valence-electron chi connectivity index (χ3n) is 2.72. The summed E-state index contributed by atoms with van der Waals surface area (Å²) in [5, 5.41) is 17.3. The highest BCUT2D eigenvalue weighted by atomic mass is 16.5. The first kappa shape index (κ1) is 10.6. The van der Waals surface area contributed by atoms with Gasteiger partial charge in [0, 0.05) is 12.5 Å². The number of rotatable bonds is 2. The Morgan fingerprint density at radius 3 is 2.87 bits per heavy atom. The topological polar surface area (TPSA) is 71.2 Å². The second-order valence-corrected chi connectivity index (χ2v) is 4.42. The van der Waals surface area contributed by atoms with Crippen molar-refractivity contribution in [2.45, 2.75) is 38.2 Å². The highest BCUT2D eigenvalue weighted by Gasteiger charge is 2.37. The second kappa shape index (κ2) is 3.90. The van der Waals surface area contributed by atoms with Crippen LogP contribution in [0.4, 0.5) is 0 Å². The van der Waals surface area contributed by atoms with Gasteiger partial charge in [0.15, 0.2) is 11.4 Å². The van der Waals surface area contributed by atoms with Crippen molar-refractivity contribution in [1.82, 2.24) is 15.5 Å². The molecule has 0 saturated carbocycles. The van der Waals surface area contributed by atoms with Crippen LogP contribution in [0.5, 0.6) is 0 Å². The Labute approximate surface area is 88.9 Å². The summed E-state index contributed by atoms with van der Waals surface area (Å²) in [4.78, 5) is 4.24. The van der Waals surface area contributed by atoms with Crippen molar-refractivity contribution >= 4 is 0 Å². The minimum Gasteiger partial charge on any atom is -0.379 e. The minimum atomic E-state index is -0.974. The molecular formula is C10H17N3O2. The molecule has 0 spiro atoms. The SMILES string of the molecule is CC(C)c1noc(C2(O)CCCNC2)n1. The molecule has 1 atom stereocenters. The Morgan fingerprint density at radius 1 is 1.53 bits per heavy atom. The molecule has 5 heteroatoms. The first-order chi connectivity index (χ1) is 7.12. The van der Waals surface area contributed by atoms with Crippen molar-refractivity contribution in [3.63, 3.8) is 0 Å². The number of nitrogens with zero attached hydrogens (tertiary/aromatic N) is 2. The maximum Gasteiger partial charge on any atom is 0.259 e. The molecule has 0 aliphatic carbocycles. The van der Waals surface area contributed by atoms with E-state index in [4.69, 9.17) is 4.52 Å². The molecule has 1 aliphatic rings. The highest BCUT2D eigenvalue weighted by Crippen LogP contribution is 2.27. The van der Waals surface area contributed by atoms with Crippen molar-refractivity contribution in [3.8, 4) is 0 Å². The molecule has 2 heterocycles. The van der Waals surface area contributed by atoms with Gasteiger partial charge in [0.05, 0.1) is 0 Å². The van der Waals surface area contributed by atoms with E-state index in [2.05, 4.69) is 15.5 Å². The summed E-state index contributed by atoms with van der Waals surface area (Å²) in [6, 6.07) is 0. The summed E-state index contributed by atoms with van der Waals surface area (Å²) in [6.07, 6.45) is 1.61. The molecule has 1 aromatic heterocycles. The quantitative estimate of drug-likeness (QED) is 0.755. The number of piperidine rings is 1. The lowest BCUT2D eigenvalue weighted by Gasteiger charge is -2.28. The first-order valence-corrected chi connectivity index (χ1v) is 5.39. The van der Waals surface area contributed by atoms with Crippen molar-refractivity contribution in [1.29, 1.82) is 0 Å². The maximum absolute atomic E-state index is 10.3. The molecular weight excluding hydrogens is 194 g/mol. The van der Waals surface area contributed by atoms with Crippen molar-refractivity contribution in [3.05, 3.63) is 11.7 Å². The smallest absolute Gasteiger partial charge is 0.259 e. The van der Waals surface area contributed by atoms with Crippen LogP contribution >= 0.6 is 0 Å². The molecule has 0 aromatic carbocycles. The molecule has 5 nitrogen and oxygen atoms in total. The predicted octanol–water partition coefficient (Wildman–Crippen LogP) is 0.764. The molecule has 15 heavy (non-hydrogen) atoms. The van der Waals surface area contributed by atoms with E-state index in [0.717, 1.165) is 13.0 Å². The van der Waals surface area contributed by atoms with Crippen LogP contribution in [0.3, 0.4) is 0 Å². The van der Waals surface area contributed by atoms with Crippen LogP contribution in [-0.2, 0) is 5.60 Å². The van der Waals surface area contributed by atoms with E-state index < -0.39 is 5.60 Å². The van der Waals surface area contributed by atoms with Gasteiger partial charge in [0.25, 0.3) is 5.89 Å². The van der Waals surface area contributed by atoms with Crippen LogP contribution in [0, 0.1) is 0 Å². The third kappa shape index (κ3) is 2.03. The molecule has 1 unspecified atom stereocenters. The number of hydrogen-bond acceptors (Lipinski definition) is 5. The van der Waals surface area contributed by atoms with Gasteiger partial charge in [-0.2, -0.15) is 4.98 Å². The number of aliphatic hydroxyl groups is 1. The Bertz CT molecular complexity index is 329. The Hall–Kier alpha value is -0.940. The van der Waals surface area contributed by atoms with Crippen LogP contribution in [0.15, 0.2) is 4.52 Å². The third-order valence-corrected chi connectivity index (χ3v) is 2.72. The van der Waals surface area contributed by atoms with Crippen molar-refractivity contribution < 1.29 is 9.63 Å². The molecule has 2 rings (SSSR count). The first-order valence-electron chi connectivity index (χ1n) is 5.39. The van der Waals surface area contributed by atoms with E-state index in [1.165, 1.54) is 0 Å². The van der Waals surface area contributed by atoms with Gasteiger partial charge < -0.3 is 14.9 Å². The van der Waals surface area contributed by atoms with Gasteiger partial charge in [-0.1, -0.05) is 19.0 Å². The van der Waals surface area contributed by atoms with Gasteiger partial charge in [-0.3, -0.25) is 0 Å². The zero-order valence-corrected chi connectivity index (χ0v) is 9.16. The highest BCUT2D eigenvalue weighted by molar-refractivity contribution is 5.03. The monoisotopic (exact) mass is 211 g/mol. The van der Waals surface area contributed by atoms with Crippen LogP contribution in [0.1, 0.15) is 44.3 Å². The largest absolute Gasteiger partial charge is 0.379 e. The molecule has 0 amide bonds. The van der Waals surface area contributed by atoms with E-state index in [-0.39, 0.29) is 5.92 Å². The summed E-state index contributed by atoms with van der Waals surface area (Å²) in [7, 11) is 0. The molecule has 1 aliphatic heterocycles. The van der Waals surface area contributed by atoms with E-state index in [1.807, 2.05) is 13.8 Å². The van der Waals surface area contributed by atoms with E-state index in [9.17, 15) is 5.11 Å². The molecule has 84 valence electrons.